The largest absolute Gasteiger partial charge is 0.179 e. The molecule has 1 fully saturated rings. The van der Waals surface area contributed by atoms with Crippen LogP contribution in [-0.2, 0) is 0 Å². The molecule has 1 rings (SSSR count). The van der Waals surface area contributed by atoms with Crippen molar-refractivity contribution in [3.8, 4) is 0 Å². The Kier molecular flexibility index (Phi) is 8.18. The van der Waals surface area contributed by atoms with Crippen LogP contribution in [0.15, 0.2) is 0 Å². The van der Waals surface area contributed by atoms with Gasteiger partial charge in [-0.2, -0.15) is 24.4 Å². The molecule has 2 heteroatoms. The van der Waals surface area contributed by atoms with Crippen molar-refractivity contribution < 1.29 is 0 Å². The van der Waals surface area contributed by atoms with Crippen LogP contribution in [-0.4, -0.2) is 16.8 Å². The molecule has 1 aliphatic rings. The van der Waals surface area contributed by atoms with Crippen LogP contribution in [0.2, 0.25) is 0 Å². The average molecular weight is 289 g/mol. The lowest BCUT2D eigenvalue weighted by molar-refractivity contribution is 0.316. The van der Waals surface area contributed by atoms with Gasteiger partial charge < -0.3 is 0 Å². The molecular formula is C16H32S2. The fourth-order valence-corrected chi connectivity index (χ4v) is 5.72. The monoisotopic (exact) mass is 288 g/mol. The van der Waals surface area contributed by atoms with E-state index in [4.69, 9.17) is 0 Å². The maximum absolute atomic E-state index is 4.67. The normalized spacial score (nSPS) is 25.3. The highest BCUT2D eigenvalue weighted by Gasteiger charge is 2.29. The number of thioether (sulfide) groups is 1. The molecule has 0 amide bonds. The van der Waals surface area contributed by atoms with E-state index in [1.165, 1.54) is 57.1 Å². The molecule has 0 aromatic heterocycles. The summed E-state index contributed by atoms with van der Waals surface area (Å²) in [5.74, 6) is 3.37. The molecule has 0 saturated heterocycles. The van der Waals surface area contributed by atoms with Gasteiger partial charge in [-0.25, -0.2) is 0 Å². The van der Waals surface area contributed by atoms with Gasteiger partial charge in [-0.15, -0.1) is 0 Å². The third-order valence-corrected chi connectivity index (χ3v) is 6.76. The molecule has 0 spiro atoms. The highest BCUT2D eigenvalue weighted by Crippen LogP contribution is 2.40. The summed E-state index contributed by atoms with van der Waals surface area (Å²) in [4.78, 5) is 0. The van der Waals surface area contributed by atoms with Gasteiger partial charge in [0.1, 0.15) is 0 Å². The van der Waals surface area contributed by atoms with E-state index >= 15 is 0 Å². The smallest absolute Gasteiger partial charge is 0.00498 e. The molecule has 18 heavy (non-hydrogen) atoms. The Balaban J connectivity index is 2.44. The second kappa shape index (κ2) is 8.79. The third kappa shape index (κ3) is 5.36. The van der Waals surface area contributed by atoms with Gasteiger partial charge in [-0.3, -0.25) is 0 Å². The van der Waals surface area contributed by atoms with Crippen LogP contribution in [0.25, 0.3) is 0 Å². The predicted octanol–water partition coefficient (Wildman–Crippen LogP) is 5.81. The molecule has 0 aliphatic heterocycles. The van der Waals surface area contributed by atoms with E-state index in [1.807, 2.05) is 0 Å². The topological polar surface area (TPSA) is 0 Å². The van der Waals surface area contributed by atoms with Gasteiger partial charge in [0.05, 0.1) is 0 Å². The Bertz CT molecular complexity index is 209. The zero-order chi connectivity index (χ0) is 13.4. The summed E-state index contributed by atoms with van der Waals surface area (Å²) in [6, 6.07) is 0. The van der Waals surface area contributed by atoms with E-state index in [0.29, 0.717) is 5.41 Å². The fraction of sp³-hybridized carbons (Fsp3) is 1.00. The molecule has 0 aromatic rings. The van der Waals surface area contributed by atoms with Crippen LogP contribution in [0.5, 0.6) is 0 Å². The van der Waals surface area contributed by atoms with E-state index in [9.17, 15) is 0 Å². The molecule has 2 atom stereocenters. The van der Waals surface area contributed by atoms with Crippen molar-refractivity contribution in [1.82, 2.24) is 0 Å². The molecule has 0 N–H and O–H groups in total. The predicted molar refractivity (Wildman–Crippen MR) is 90.0 cm³/mol. The summed E-state index contributed by atoms with van der Waals surface area (Å²) in [5, 5.41) is 0.932. The summed E-state index contributed by atoms with van der Waals surface area (Å²) >= 11 is 6.94. The first-order valence-corrected chi connectivity index (χ1v) is 9.56. The summed E-state index contributed by atoms with van der Waals surface area (Å²) in [6.07, 6.45) is 11.2. The van der Waals surface area contributed by atoms with Gasteiger partial charge in [0, 0.05) is 5.25 Å². The Labute approximate surface area is 124 Å². The first-order valence-electron chi connectivity index (χ1n) is 7.88. The van der Waals surface area contributed by atoms with E-state index < -0.39 is 0 Å². The van der Waals surface area contributed by atoms with Crippen molar-refractivity contribution in [2.24, 2.45) is 11.3 Å². The first-order chi connectivity index (χ1) is 8.65. The minimum absolute atomic E-state index is 0.512. The zero-order valence-electron chi connectivity index (χ0n) is 12.6. The van der Waals surface area contributed by atoms with Gasteiger partial charge in [0.2, 0.25) is 0 Å². The van der Waals surface area contributed by atoms with Gasteiger partial charge in [0.15, 0.2) is 0 Å². The van der Waals surface area contributed by atoms with Crippen molar-refractivity contribution in [3.05, 3.63) is 0 Å². The lowest BCUT2D eigenvalue weighted by atomic mass is 9.83. The number of thiol groups is 1. The molecule has 1 saturated carbocycles. The average Bonchev–Trinajstić information content (AvgIpc) is 2.37. The van der Waals surface area contributed by atoms with Crippen LogP contribution < -0.4 is 0 Å². The third-order valence-electron chi connectivity index (χ3n) is 4.41. The van der Waals surface area contributed by atoms with Crippen LogP contribution in [0.1, 0.15) is 72.1 Å². The van der Waals surface area contributed by atoms with Crippen molar-refractivity contribution in [3.63, 3.8) is 0 Å². The molecule has 1 aliphatic carbocycles. The minimum Gasteiger partial charge on any atom is -0.179 e. The second-order valence-electron chi connectivity index (χ2n) is 6.36. The standard InChI is InChI=1S/C16H32S2/c1-4-9-16(12-17,10-5-2)13-18-15-8-6-7-14(3)11-15/h14-15,17H,4-13H2,1-3H3. The Hall–Kier alpha value is 0.700. The second-order valence-corrected chi connectivity index (χ2v) is 7.97. The first kappa shape index (κ1) is 16.8. The molecule has 108 valence electrons. The highest BCUT2D eigenvalue weighted by atomic mass is 32.2. The van der Waals surface area contributed by atoms with Crippen molar-refractivity contribution in [1.29, 1.82) is 0 Å². The van der Waals surface area contributed by atoms with Crippen LogP contribution in [0.4, 0.5) is 0 Å². The van der Waals surface area contributed by atoms with Crippen LogP contribution in [0.3, 0.4) is 0 Å². The molecular weight excluding hydrogens is 256 g/mol. The van der Waals surface area contributed by atoms with E-state index in [0.717, 1.165) is 16.9 Å². The van der Waals surface area contributed by atoms with Gasteiger partial charge in [0.25, 0.3) is 0 Å². The number of rotatable bonds is 8. The SMILES string of the molecule is CCCC(CS)(CCC)CSC1CCCC(C)C1. The lowest BCUT2D eigenvalue weighted by Crippen LogP contribution is -2.28. The number of hydrogen-bond acceptors (Lipinski definition) is 2. The van der Waals surface area contributed by atoms with Gasteiger partial charge in [-0.1, -0.05) is 46.5 Å². The van der Waals surface area contributed by atoms with Crippen LogP contribution >= 0.6 is 24.4 Å². The van der Waals surface area contributed by atoms with E-state index in [1.54, 1.807) is 0 Å². The molecule has 0 nitrogen and oxygen atoms in total. The highest BCUT2D eigenvalue weighted by molar-refractivity contribution is 7.99. The molecule has 0 radical (unpaired) electrons. The van der Waals surface area contributed by atoms with Crippen molar-refractivity contribution in [2.45, 2.75) is 77.4 Å². The van der Waals surface area contributed by atoms with Crippen molar-refractivity contribution >= 4 is 24.4 Å². The minimum atomic E-state index is 0.512. The quantitative estimate of drug-likeness (QED) is 0.549. The maximum atomic E-state index is 4.67. The zero-order valence-corrected chi connectivity index (χ0v) is 14.3. The van der Waals surface area contributed by atoms with Gasteiger partial charge in [-0.05, 0) is 48.5 Å². The Morgan fingerprint density at radius 2 is 1.83 bits per heavy atom. The Morgan fingerprint density at radius 1 is 1.17 bits per heavy atom. The van der Waals surface area contributed by atoms with Gasteiger partial charge >= 0.3 is 0 Å². The molecule has 0 bridgehead atoms. The van der Waals surface area contributed by atoms with Crippen LogP contribution in [0, 0.1) is 11.3 Å². The van der Waals surface area contributed by atoms with Crippen molar-refractivity contribution in [2.75, 3.05) is 11.5 Å². The summed E-state index contributed by atoms with van der Waals surface area (Å²) < 4.78 is 0. The summed E-state index contributed by atoms with van der Waals surface area (Å²) in [6.45, 7) is 7.07. The van der Waals surface area contributed by atoms with E-state index in [-0.39, 0.29) is 0 Å². The maximum Gasteiger partial charge on any atom is 0.00498 e. The Morgan fingerprint density at radius 3 is 2.33 bits per heavy atom. The molecule has 0 aromatic carbocycles. The summed E-state index contributed by atoms with van der Waals surface area (Å²) in [7, 11) is 0. The molecule has 2 unspecified atom stereocenters. The molecule has 0 heterocycles. The lowest BCUT2D eigenvalue weighted by Gasteiger charge is -2.35. The fourth-order valence-electron chi connectivity index (χ4n) is 3.36. The summed E-state index contributed by atoms with van der Waals surface area (Å²) in [5.41, 5.74) is 0.512. The number of hydrogen-bond donors (Lipinski definition) is 1. The van der Waals surface area contributed by atoms with E-state index in [2.05, 4.69) is 45.2 Å².